The van der Waals surface area contributed by atoms with Gasteiger partial charge in [0, 0.05) is 0 Å². The van der Waals surface area contributed by atoms with Crippen LogP contribution in [0, 0.1) is 46.3 Å². The molecule has 324 valence electrons. The van der Waals surface area contributed by atoms with E-state index in [1.165, 1.54) is 63.1 Å². The van der Waals surface area contributed by atoms with Crippen molar-refractivity contribution in [3.63, 3.8) is 0 Å². The van der Waals surface area contributed by atoms with E-state index < -0.39 is 11.7 Å². The van der Waals surface area contributed by atoms with Gasteiger partial charge in [0.05, 0.1) is 16.4 Å². The van der Waals surface area contributed by atoms with Gasteiger partial charge in [-0.25, -0.2) is 4.79 Å². The first-order valence-corrected chi connectivity index (χ1v) is 22.5. The highest BCUT2D eigenvalue weighted by atomic mass is 16.6. The average molecular weight is 805 g/mol. The standard InChI is InChI=1S/C19H32O2.C17H18O4.C14H26O2/c1-6-18(4,5)17(20)21-19(12(2)3)15-8-13-7-14(10-15)11-16(19)9-13;1-3-11(2)12-7-9-13(10-8-12)17(20)21-15-6-4-5-14(18)16(15)19;1-6-13(4,5)12(15)16-14(11(2)3)9-7-8-10-14/h12-16H,6-11H2,1-5H3;4-11,18-19H,3H2,1-2H3;11H,6-10H2,1-5H3. The molecule has 0 aromatic heterocycles. The van der Waals surface area contributed by atoms with Crippen LogP contribution in [-0.4, -0.2) is 39.3 Å². The van der Waals surface area contributed by atoms with Gasteiger partial charge in [-0.15, -0.1) is 0 Å². The second-order valence-corrected chi connectivity index (χ2v) is 19.9. The number of carbonyl (C=O) groups excluding carboxylic acids is 3. The number of carbonyl (C=O) groups is 3. The van der Waals surface area contributed by atoms with Crippen LogP contribution in [0.1, 0.15) is 182 Å². The zero-order valence-electron chi connectivity index (χ0n) is 37.9. The van der Waals surface area contributed by atoms with Crippen molar-refractivity contribution in [1.82, 2.24) is 0 Å². The molecule has 7 rings (SSSR count). The molecule has 5 aliphatic carbocycles. The topological polar surface area (TPSA) is 119 Å². The van der Waals surface area contributed by atoms with Crippen molar-refractivity contribution in [2.75, 3.05) is 0 Å². The third-order valence-electron chi connectivity index (χ3n) is 14.8. The lowest BCUT2D eigenvalue weighted by molar-refractivity contribution is -0.231. The fourth-order valence-corrected chi connectivity index (χ4v) is 9.76. The molecule has 2 N–H and O–H groups in total. The van der Waals surface area contributed by atoms with E-state index in [0.717, 1.165) is 49.5 Å². The Hall–Kier alpha value is -3.55. The number of hydrogen-bond acceptors (Lipinski definition) is 8. The number of rotatable bonds is 12. The summed E-state index contributed by atoms with van der Waals surface area (Å²) in [7, 11) is 0. The summed E-state index contributed by atoms with van der Waals surface area (Å²) in [5.74, 6) is 2.95. The highest BCUT2D eigenvalue weighted by molar-refractivity contribution is 5.91. The van der Waals surface area contributed by atoms with Gasteiger partial charge < -0.3 is 24.4 Å². The predicted molar refractivity (Wildman–Crippen MR) is 231 cm³/mol. The van der Waals surface area contributed by atoms with E-state index in [1.54, 1.807) is 12.1 Å². The summed E-state index contributed by atoms with van der Waals surface area (Å²) in [6, 6.07) is 11.4. The summed E-state index contributed by atoms with van der Waals surface area (Å²) >= 11 is 0. The Labute approximate surface area is 350 Å². The van der Waals surface area contributed by atoms with Crippen LogP contribution in [0.5, 0.6) is 17.2 Å². The Morgan fingerprint density at radius 2 is 1.21 bits per heavy atom. The van der Waals surface area contributed by atoms with Gasteiger partial charge in [0.25, 0.3) is 0 Å². The smallest absolute Gasteiger partial charge is 0.343 e. The number of phenolic OH excluding ortho intramolecular Hbond substituents is 2. The Bertz CT molecular complexity index is 1650. The summed E-state index contributed by atoms with van der Waals surface area (Å²) in [4.78, 5) is 36.9. The van der Waals surface area contributed by atoms with Crippen molar-refractivity contribution in [1.29, 1.82) is 0 Å². The van der Waals surface area contributed by atoms with E-state index >= 15 is 0 Å². The summed E-state index contributed by atoms with van der Waals surface area (Å²) in [6.45, 7) is 25.2. The number of ether oxygens (including phenoxy) is 3. The van der Waals surface area contributed by atoms with E-state index in [-0.39, 0.29) is 45.5 Å². The van der Waals surface area contributed by atoms with E-state index in [4.69, 9.17) is 14.2 Å². The molecule has 0 spiro atoms. The summed E-state index contributed by atoms with van der Waals surface area (Å²) < 4.78 is 17.4. The molecule has 0 saturated heterocycles. The molecule has 0 heterocycles. The van der Waals surface area contributed by atoms with E-state index in [0.29, 0.717) is 35.2 Å². The molecule has 0 amide bonds. The lowest BCUT2D eigenvalue weighted by atomic mass is 9.47. The molecule has 2 aromatic rings. The Balaban J connectivity index is 0.000000195. The van der Waals surface area contributed by atoms with Crippen LogP contribution >= 0.6 is 0 Å². The quantitative estimate of drug-likeness (QED) is 0.124. The molecular formula is C50H76O8. The van der Waals surface area contributed by atoms with Crippen LogP contribution in [0.3, 0.4) is 0 Å². The minimum atomic E-state index is -0.577. The Kier molecular flexibility index (Phi) is 15.6. The lowest BCUT2D eigenvalue weighted by Crippen LogP contribution is -2.63. The third kappa shape index (κ3) is 10.4. The van der Waals surface area contributed by atoms with E-state index in [2.05, 4.69) is 48.5 Å². The molecule has 5 fully saturated rings. The molecular weight excluding hydrogens is 729 g/mol. The minimum absolute atomic E-state index is 0.0226. The van der Waals surface area contributed by atoms with Gasteiger partial charge in [-0.3, -0.25) is 9.59 Å². The second-order valence-electron chi connectivity index (χ2n) is 19.9. The van der Waals surface area contributed by atoms with Gasteiger partial charge in [-0.05, 0) is 176 Å². The molecule has 8 heteroatoms. The maximum absolute atomic E-state index is 12.8. The zero-order valence-corrected chi connectivity index (χ0v) is 37.9. The first-order chi connectivity index (χ1) is 27.2. The van der Waals surface area contributed by atoms with Gasteiger partial charge in [0.15, 0.2) is 11.5 Å². The number of benzene rings is 2. The van der Waals surface area contributed by atoms with Gasteiger partial charge in [-0.1, -0.05) is 73.6 Å². The summed E-state index contributed by atoms with van der Waals surface area (Å²) in [5, 5.41) is 19.0. The van der Waals surface area contributed by atoms with Crippen molar-refractivity contribution in [2.45, 2.75) is 177 Å². The van der Waals surface area contributed by atoms with E-state index in [9.17, 15) is 24.6 Å². The second kappa shape index (κ2) is 19.2. The van der Waals surface area contributed by atoms with Crippen LogP contribution in [0.25, 0.3) is 0 Å². The van der Waals surface area contributed by atoms with Crippen molar-refractivity contribution < 1.29 is 38.8 Å². The molecule has 8 nitrogen and oxygen atoms in total. The molecule has 1 unspecified atom stereocenters. The summed E-state index contributed by atoms with van der Waals surface area (Å²) in [6.07, 6.45) is 13.8. The highest BCUT2D eigenvalue weighted by Crippen LogP contribution is 2.62. The van der Waals surface area contributed by atoms with Gasteiger partial charge in [0.1, 0.15) is 11.2 Å². The van der Waals surface area contributed by atoms with Crippen LogP contribution < -0.4 is 4.74 Å². The maximum Gasteiger partial charge on any atom is 0.343 e. The molecule has 58 heavy (non-hydrogen) atoms. The average Bonchev–Trinajstić information content (AvgIpc) is 3.67. The molecule has 2 aromatic carbocycles. The Morgan fingerprint density at radius 3 is 1.66 bits per heavy atom. The highest BCUT2D eigenvalue weighted by Gasteiger charge is 2.61. The van der Waals surface area contributed by atoms with Crippen LogP contribution in [0.2, 0.25) is 0 Å². The number of hydrogen-bond donors (Lipinski definition) is 2. The largest absolute Gasteiger partial charge is 0.504 e. The van der Waals surface area contributed by atoms with Crippen LogP contribution in [0.15, 0.2) is 42.5 Å². The van der Waals surface area contributed by atoms with Gasteiger partial charge >= 0.3 is 17.9 Å². The lowest BCUT2D eigenvalue weighted by Gasteiger charge is -2.62. The molecule has 4 bridgehead atoms. The van der Waals surface area contributed by atoms with Crippen LogP contribution in [0.4, 0.5) is 0 Å². The molecule has 1 atom stereocenters. The summed E-state index contributed by atoms with van der Waals surface area (Å²) in [5.41, 5.74) is 0.514. The number of esters is 3. The molecule has 5 saturated carbocycles. The van der Waals surface area contributed by atoms with Crippen molar-refractivity contribution in [3.05, 3.63) is 53.6 Å². The fraction of sp³-hybridized carbons (Fsp3) is 0.700. The number of phenols is 2. The zero-order chi connectivity index (χ0) is 43.2. The van der Waals surface area contributed by atoms with Crippen molar-refractivity contribution in [3.8, 4) is 17.2 Å². The third-order valence-corrected chi connectivity index (χ3v) is 14.8. The normalized spacial score (nSPS) is 24.9. The fourth-order valence-electron chi connectivity index (χ4n) is 9.76. The SMILES string of the molecule is CCC(C)(C)C(=O)OC1(C(C)C)C2CC3CC(C2)CC1C3.CCC(C)(C)C(=O)OC1(C(C)C)CCCC1.CCC(C)c1ccc(C(=O)Oc2cccc(O)c2O)cc1. The maximum atomic E-state index is 12.8. The molecule has 0 radical (unpaired) electrons. The number of aromatic hydroxyl groups is 2. The molecule has 5 aliphatic rings. The predicted octanol–water partition coefficient (Wildman–Crippen LogP) is 12.6. The first-order valence-electron chi connectivity index (χ1n) is 22.5. The van der Waals surface area contributed by atoms with E-state index in [1.807, 2.05) is 46.8 Å². The molecule has 0 aliphatic heterocycles. The van der Waals surface area contributed by atoms with Gasteiger partial charge in [0.2, 0.25) is 5.75 Å². The first kappa shape index (κ1) is 47.1. The monoisotopic (exact) mass is 805 g/mol. The van der Waals surface area contributed by atoms with Gasteiger partial charge in [-0.2, -0.15) is 0 Å². The van der Waals surface area contributed by atoms with Crippen LogP contribution in [-0.2, 0) is 19.1 Å². The number of para-hydroxylation sites is 1. The van der Waals surface area contributed by atoms with Crippen molar-refractivity contribution >= 4 is 17.9 Å². The van der Waals surface area contributed by atoms with Crippen molar-refractivity contribution in [2.24, 2.45) is 46.3 Å². The Morgan fingerprint density at radius 1 is 0.707 bits per heavy atom. The minimum Gasteiger partial charge on any atom is -0.504 e.